The zero-order valence-electron chi connectivity index (χ0n) is 66.5. The van der Waals surface area contributed by atoms with Crippen LogP contribution in [0.2, 0.25) is 0 Å². The van der Waals surface area contributed by atoms with Crippen LogP contribution in [0.4, 0.5) is 145 Å². The van der Waals surface area contributed by atoms with Crippen molar-refractivity contribution in [2.45, 2.75) is 0 Å². The van der Waals surface area contributed by atoms with Gasteiger partial charge >= 0.3 is 0 Å². The zero-order valence-corrected chi connectivity index (χ0v) is 80.8. The molecule has 6 radical (unpaired) electrons. The fraction of sp³-hybridized carbons (Fsp3) is 0. The standard InChI is InChI=1S/2C15H2F7N2.C15H3F6N2.C15H4F5N2.2C15H5F4N2.6Ir/c2*16-4-1-2-5-6(3-4)7-8(17)9(18)10(19)11(20)12(7)24-14(22)13(21)23-15(5)24;16-5-1-2-6-7(3-5)9-10(18)11(19)12(20)13(21)14(9)23-8(17)4-22-15(6)23;16-6-1-2-7-8(3-6)12-9(17)4-10(18)13(20)14(12)22-11(19)5-21-15(7)22;16-7-1-2-8-9(3-7)10-4-11(17)12(18)5-13(10)21-14(19)6-20-15(8)21;16-7-1-2-9-10(5-7)8-3-4-11(17)13(19)14(8)21-12(18)6-20-15(9)21;;;;;;/h2*1,3H;1,3-4H;1,3-5H;2*1,3-6H;;;;;;/q6*-1;;;;;;. The Labute approximate surface area is 836 Å². The maximum atomic E-state index is 14.2. The topological polar surface area (TPSA) is 104 Å². The Morgan fingerprint density at radius 2 is 0.468 bits per heavy atom. The first-order chi connectivity index (χ1) is 64.2. The van der Waals surface area contributed by atoms with Gasteiger partial charge in [0.15, 0.2) is 105 Å². The summed E-state index contributed by atoms with van der Waals surface area (Å²) in [7, 11) is 0. The third-order valence-corrected chi connectivity index (χ3v) is 21.2. The number of halogens is 33. The van der Waals surface area contributed by atoms with Crippen molar-refractivity contribution in [3.8, 4) is 0 Å². The van der Waals surface area contributed by atoms with Crippen LogP contribution in [0.15, 0.2) is 128 Å². The summed E-state index contributed by atoms with van der Waals surface area (Å²) in [5.41, 5.74) is -5.38. The van der Waals surface area contributed by atoms with Crippen molar-refractivity contribution in [3.05, 3.63) is 357 Å². The molecule has 0 amide bonds. The molecule has 0 fully saturated rings. The van der Waals surface area contributed by atoms with Crippen molar-refractivity contribution < 1.29 is 266 Å². The van der Waals surface area contributed by atoms with Gasteiger partial charge in [-0.3, -0.25) is 46.3 Å². The maximum absolute atomic E-state index is 14.2. The molecule has 141 heavy (non-hydrogen) atoms. The number of rotatable bonds is 0. The fourth-order valence-electron chi connectivity index (χ4n) is 15.7. The smallest absolute Gasteiger partial charge is 0.259 e. The fourth-order valence-corrected chi connectivity index (χ4v) is 15.7. The van der Waals surface area contributed by atoms with Gasteiger partial charge in [-0.05, 0) is 22.9 Å². The first-order valence-corrected chi connectivity index (χ1v) is 37.1. The van der Waals surface area contributed by atoms with E-state index in [-0.39, 0.29) is 206 Å². The minimum absolute atomic E-state index is 0. The predicted octanol–water partition coefficient (Wildman–Crippen LogP) is 25.2. The average Bonchev–Trinajstić information content (AvgIpc) is 1.55. The molecule has 732 valence electrons. The van der Waals surface area contributed by atoms with Crippen molar-refractivity contribution in [2.75, 3.05) is 0 Å². The van der Waals surface area contributed by atoms with Crippen LogP contribution >= 0.6 is 0 Å². The van der Waals surface area contributed by atoms with E-state index in [4.69, 9.17) is 0 Å². The number of fused-ring (bicyclic) bond motifs is 36. The Bertz CT molecular complexity index is 9220. The van der Waals surface area contributed by atoms with Gasteiger partial charge in [0, 0.05) is 195 Å². The van der Waals surface area contributed by atoms with Gasteiger partial charge in [0.05, 0.1) is 86.3 Å². The van der Waals surface area contributed by atoms with Crippen LogP contribution in [-0.2, 0) is 121 Å². The molecule has 0 saturated carbocycles. The van der Waals surface area contributed by atoms with Crippen LogP contribution < -0.4 is 0 Å². The van der Waals surface area contributed by atoms with Crippen LogP contribution in [0.5, 0.6) is 0 Å². The Morgan fingerprint density at radius 3 is 0.830 bits per heavy atom. The Hall–Kier alpha value is -12.5. The molecule has 0 saturated heterocycles. The van der Waals surface area contributed by atoms with Gasteiger partial charge in [-0.25, -0.2) is 93.4 Å². The molecule has 0 aliphatic heterocycles. The first kappa shape index (κ1) is 106. The molecule has 12 aromatic heterocycles. The monoisotopic (exact) mass is 3050 g/mol. The SMILES string of the molecule is Fc1c[c-]c2c(c1)c1c(F)c(F)c(F)c(F)c1n1c(F)c(F)nc21.Fc1c[c-]c2c(c1)c1c(F)c(F)c(F)c(F)c1n1c(F)c(F)nc21.Fc1c[c-]c2c(c1)c1c(F)c(F)c(F)c(F)c1n1c(F)cnc21.Fc1c[c-]c2c(c1)c1c(F)cc(F)c(F)c1n1c(F)cnc21.Fc1c[c-]c2c(c1)c1cc(F)c(F)cc1n1c(F)cnc21.Fc1c[c-]c2c(c1)c1ccc(F)c(F)c1n1c(F)cnc21.[Ir].[Ir].[Ir].[Ir].[Ir].[Ir]. The number of pyridine rings is 6. The molecular weight excluding hydrogens is 3030 g/mol. The number of hydrogen-bond acceptors (Lipinski definition) is 6. The molecule has 0 atom stereocenters. The molecule has 0 aliphatic rings. The summed E-state index contributed by atoms with van der Waals surface area (Å²) in [5, 5.41) is -3.36. The van der Waals surface area contributed by atoms with Gasteiger partial charge in [-0.15, -0.1) is 109 Å². The summed E-state index contributed by atoms with van der Waals surface area (Å²) in [4.78, 5) is 21.6. The van der Waals surface area contributed by atoms with Crippen molar-refractivity contribution in [1.82, 2.24) is 56.3 Å². The normalized spacial score (nSPS) is 11.4. The molecule has 0 spiro atoms. The number of benzene rings is 12. The van der Waals surface area contributed by atoms with Crippen LogP contribution in [0.3, 0.4) is 0 Å². The first-order valence-electron chi connectivity index (χ1n) is 37.1. The second-order valence-corrected chi connectivity index (χ2v) is 28.7. The molecule has 12 nitrogen and oxygen atoms in total. The minimum atomic E-state index is -2.21. The molecule has 0 aliphatic carbocycles. The van der Waals surface area contributed by atoms with Crippen molar-refractivity contribution in [1.29, 1.82) is 0 Å². The Morgan fingerprint density at radius 1 is 0.199 bits per heavy atom. The Balaban J connectivity index is 0.000000141. The van der Waals surface area contributed by atoms with Gasteiger partial charge in [0.1, 0.15) is 5.82 Å². The van der Waals surface area contributed by atoms with E-state index in [0.29, 0.717) is 54.7 Å². The average molecular weight is 3050 g/mol. The van der Waals surface area contributed by atoms with E-state index in [1.807, 2.05) is 0 Å². The molecular formula is C90H21F33Ir6N12-6. The summed E-state index contributed by atoms with van der Waals surface area (Å²) in [6.45, 7) is 0. The zero-order chi connectivity index (χ0) is 96.2. The van der Waals surface area contributed by atoms with Gasteiger partial charge < -0.3 is 26.4 Å². The number of hydrogen-bond donors (Lipinski definition) is 0. The molecule has 24 rings (SSSR count). The summed E-state index contributed by atoms with van der Waals surface area (Å²) >= 11 is 0. The largest absolute Gasteiger partial charge is 0.310 e. The predicted molar refractivity (Wildman–Crippen MR) is 413 cm³/mol. The number of imidazole rings is 6. The van der Waals surface area contributed by atoms with Gasteiger partial charge in [0.25, 0.3) is 11.9 Å². The number of nitrogens with zero attached hydrogens (tertiary/aromatic N) is 12. The van der Waals surface area contributed by atoms with E-state index in [0.717, 1.165) is 106 Å². The van der Waals surface area contributed by atoms with Gasteiger partial charge in [-0.1, -0.05) is 70.7 Å². The summed E-state index contributed by atoms with van der Waals surface area (Å²) in [6, 6.07) is 30.1. The van der Waals surface area contributed by atoms with Crippen molar-refractivity contribution in [2.24, 2.45) is 0 Å². The second kappa shape index (κ2) is 39.4. The summed E-state index contributed by atoms with van der Waals surface area (Å²) < 4.78 is 458. The van der Waals surface area contributed by atoms with E-state index in [1.165, 1.54) is 6.07 Å². The van der Waals surface area contributed by atoms with E-state index in [1.54, 1.807) is 0 Å². The van der Waals surface area contributed by atoms with Gasteiger partial charge in [0.2, 0.25) is 35.7 Å². The van der Waals surface area contributed by atoms with Crippen LogP contribution in [0.25, 0.3) is 164 Å². The molecule has 0 unspecified atom stereocenters. The van der Waals surface area contributed by atoms with Crippen LogP contribution in [-0.4, -0.2) is 56.3 Å². The van der Waals surface area contributed by atoms with E-state index in [2.05, 4.69) is 66.3 Å². The minimum Gasteiger partial charge on any atom is -0.310 e. The van der Waals surface area contributed by atoms with Crippen molar-refractivity contribution >= 4 is 164 Å². The van der Waals surface area contributed by atoms with Crippen molar-refractivity contribution in [3.63, 3.8) is 0 Å². The van der Waals surface area contributed by atoms with E-state index >= 15 is 0 Å². The molecule has 24 aromatic rings. The summed E-state index contributed by atoms with van der Waals surface area (Å²) in [6.07, 6.45) is 3.35. The Kier molecular flexibility index (Phi) is 29.6. The molecule has 0 N–H and O–H groups in total. The quantitative estimate of drug-likeness (QED) is 0.0493. The van der Waals surface area contributed by atoms with Gasteiger partial charge in [-0.2, -0.15) is 35.1 Å². The molecule has 12 heterocycles. The van der Waals surface area contributed by atoms with Crippen LogP contribution in [0.1, 0.15) is 0 Å². The van der Waals surface area contributed by atoms with E-state index in [9.17, 15) is 145 Å². The number of aromatic nitrogens is 12. The molecule has 0 bridgehead atoms. The van der Waals surface area contributed by atoms with Crippen LogP contribution in [0, 0.1) is 229 Å². The molecule has 12 aromatic carbocycles. The second-order valence-electron chi connectivity index (χ2n) is 28.7. The maximum Gasteiger partial charge on any atom is 0.259 e. The van der Waals surface area contributed by atoms with E-state index < -0.39 is 259 Å². The third kappa shape index (κ3) is 16.7. The third-order valence-electron chi connectivity index (χ3n) is 21.2. The summed E-state index contributed by atoms with van der Waals surface area (Å²) in [5.74, 6) is -47.9. The molecule has 51 heteroatoms.